The van der Waals surface area contributed by atoms with Gasteiger partial charge in [0.1, 0.15) is 0 Å². The number of aromatic nitrogens is 1. The van der Waals surface area contributed by atoms with Gasteiger partial charge in [-0.1, -0.05) is 18.2 Å². The molecule has 0 unspecified atom stereocenters. The molecule has 0 spiro atoms. The topological polar surface area (TPSA) is 59.2 Å². The van der Waals surface area contributed by atoms with Gasteiger partial charge in [0.25, 0.3) is 5.91 Å². The van der Waals surface area contributed by atoms with Gasteiger partial charge in [-0.05, 0) is 43.9 Å². The minimum Gasteiger partial charge on any atom is -0.339 e. The van der Waals surface area contributed by atoms with Crippen LogP contribution in [0.25, 0.3) is 10.9 Å². The van der Waals surface area contributed by atoms with Gasteiger partial charge in [-0.25, -0.2) is 0 Å². The molecular formula is C17H21N3O. The summed E-state index contributed by atoms with van der Waals surface area (Å²) in [6, 6.07) is 9.64. The first kappa shape index (κ1) is 14.0. The van der Waals surface area contributed by atoms with E-state index in [1.807, 2.05) is 35.2 Å². The van der Waals surface area contributed by atoms with Gasteiger partial charge in [0.05, 0.1) is 11.1 Å². The molecule has 0 aliphatic carbocycles. The van der Waals surface area contributed by atoms with Gasteiger partial charge in [-0.15, -0.1) is 0 Å². The van der Waals surface area contributed by atoms with E-state index in [9.17, 15) is 4.79 Å². The van der Waals surface area contributed by atoms with E-state index >= 15 is 0 Å². The zero-order valence-electron chi connectivity index (χ0n) is 12.2. The predicted molar refractivity (Wildman–Crippen MR) is 84.0 cm³/mol. The van der Waals surface area contributed by atoms with Crippen LogP contribution in [-0.4, -0.2) is 35.4 Å². The number of piperidine rings is 1. The molecule has 4 heteroatoms. The Hall–Kier alpha value is -1.94. The van der Waals surface area contributed by atoms with Gasteiger partial charge < -0.3 is 10.6 Å². The van der Waals surface area contributed by atoms with Crippen molar-refractivity contribution >= 4 is 16.8 Å². The molecule has 0 saturated carbocycles. The Morgan fingerprint density at radius 3 is 2.76 bits per heavy atom. The Bertz CT molecular complexity index is 627. The van der Waals surface area contributed by atoms with E-state index in [0.717, 1.165) is 55.4 Å². The van der Waals surface area contributed by atoms with E-state index in [1.165, 1.54) is 0 Å². The van der Waals surface area contributed by atoms with Crippen LogP contribution >= 0.6 is 0 Å². The molecule has 1 saturated heterocycles. The number of rotatable bonds is 3. The van der Waals surface area contributed by atoms with E-state index in [0.29, 0.717) is 5.92 Å². The van der Waals surface area contributed by atoms with Gasteiger partial charge >= 0.3 is 0 Å². The largest absolute Gasteiger partial charge is 0.339 e. The number of nitrogens with two attached hydrogens (primary N) is 1. The molecule has 2 N–H and O–H groups in total. The van der Waals surface area contributed by atoms with Crippen molar-refractivity contribution in [2.24, 2.45) is 11.7 Å². The number of nitrogens with zero attached hydrogens (tertiary/aromatic N) is 2. The number of carbonyl (C=O) groups is 1. The number of likely N-dealkylation sites (tertiary alicyclic amines) is 1. The number of pyridine rings is 1. The molecule has 1 fully saturated rings. The Balaban J connectivity index is 1.79. The SMILES string of the molecule is NCCC1CCN(C(=O)c2ccnc3ccccc23)CC1. The normalized spacial score (nSPS) is 16.3. The van der Waals surface area contributed by atoms with Crippen molar-refractivity contribution in [1.29, 1.82) is 0 Å². The highest BCUT2D eigenvalue weighted by Crippen LogP contribution is 2.23. The van der Waals surface area contributed by atoms with Crippen LogP contribution in [0, 0.1) is 5.92 Å². The molecule has 0 radical (unpaired) electrons. The molecule has 2 aromatic rings. The second kappa shape index (κ2) is 6.22. The van der Waals surface area contributed by atoms with Crippen LogP contribution in [0.3, 0.4) is 0 Å². The third-order valence-electron chi connectivity index (χ3n) is 4.36. The van der Waals surface area contributed by atoms with Crippen LogP contribution in [0.1, 0.15) is 29.6 Å². The molecule has 1 aliphatic rings. The molecule has 4 nitrogen and oxygen atoms in total. The van der Waals surface area contributed by atoms with Crippen molar-refractivity contribution in [1.82, 2.24) is 9.88 Å². The predicted octanol–water partition coefficient (Wildman–Crippen LogP) is 2.44. The molecule has 21 heavy (non-hydrogen) atoms. The lowest BCUT2D eigenvalue weighted by Crippen LogP contribution is -2.39. The van der Waals surface area contributed by atoms with Crippen LogP contribution in [0.15, 0.2) is 36.5 Å². The number of hydrogen-bond acceptors (Lipinski definition) is 3. The van der Waals surface area contributed by atoms with Gasteiger partial charge in [0.2, 0.25) is 0 Å². The number of para-hydroxylation sites is 1. The van der Waals surface area contributed by atoms with Crippen molar-refractivity contribution in [3.63, 3.8) is 0 Å². The van der Waals surface area contributed by atoms with Crippen molar-refractivity contribution < 1.29 is 4.79 Å². The van der Waals surface area contributed by atoms with Gasteiger partial charge in [0, 0.05) is 24.7 Å². The summed E-state index contributed by atoms with van der Waals surface area (Å²) in [4.78, 5) is 19.0. The maximum absolute atomic E-state index is 12.8. The maximum Gasteiger partial charge on any atom is 0.254 e. The van der Waals surface area contributed by atoms with E-state index in [-0.39, 0.29) is 5.91 Å². The summed E-state index contributed by atoms with van der Waals surface area (Å²) in [6.45, 7) is 2.41. The number of fused-ring (bicyclic) bond motifs is 1. The molecular weight excluding hydrogens is 262 g/mol. The molecule has 1 amide bonds. The van der Waals surface area contributed by atoms with Crippen molar-refractivity contribution in [2.75, 3.05) is 19.6 Å². The highest BCUT2D eigenvalue weighted by atomic mass is 16.2. The highest BCUT2D eigenvalue weighted by Gasteiger charge is 2.24. The van der Waals surface area contributed by atoms with E-state index in [2.05, 4.69) is 4.98 Å². The summed E-state index contributed by atoms with van der Waals surface area (Å²) in [7, 11) is 0. The summed E-state index contributed by atoms with van der Waals surface area (Å²) in [6.07, 6.45) is 4.91. The third kappa shape index (κ3) is 2.90. The number of amides is 1. The maximum atomic E-state index is 12.8. The zero-order valence-corrected chi connectivity index (χ0v) is 12.2. The van der Waals surface area contributed by atoms with Gasteiger partial charge in [-0.2, -0.15) is 0 Å². The van der Waals surface area contributed by atoms with E-state index < -0.39 is 0 Å². The van der Waals surface area contributed by atoms with Crippen LogP contribution in [0.5, 0.6) is 0 Å². The smallest absolute Gasteiger partial charge is 0.254 e. The fourth-order valence-corrected chi connectivity index (χ4v) is 3.11. The molecule has 1 aromatic heterocycles. The molecule has 0 atom stereocenters. The summed E-state index contributed by atoms with van der Waals surface area (Å²) in [5, 5.41) is 0.939. The van der Waals surface area contributed by atoms with E-state index in [4.69, 9.17) is 5.73 Å². The van der Waals surface area contributed by atoms with Crippen LogP contribution in [0.2, 0.25) is 0 Å². The summed E-state index contributed by atoms with van der Waals surface area (Å²) < 4.78 is 0. The number of carbonyl (C=O) groups excluding carboxylic acids is 1. The van der Waals surface area contributed by atoms with Gasteiger partial charge in [0.15, 0.2) is 0 Å². The fraction of sp³-hybridized carbons (Fsp3) is 0.412. The lowest BCUT2D eigenvalue weighted by Gasteiger charge is -2.32. The lowest BCUT2D eigenvalue weighted by molar-refractivity contribution is 0.0690. The minimum atomic E-state index is 0.125. The minimum absolute atomic E-state index is 0.125. The van der Waals surface area contributed by atoms with E-state index in [1.54, 1.807) is 6.20 Å². The molecule has 3 rings (SSSR count). The average molecular weight is 283 g/mol. The van der Waals surface area contributed by atoms with Crippen LogP contribution in [0.4, 0.5) is 0 Å². The quantitative estimate of drug-likeness (QED) is 0.941. The lowest BCUT2D eigenvalue weighted by atomic mass is 9.93. The van der Waals surface area contributed by atoms with Crippen LogP contribution in [-0.2, 0) is 0 Å². The highest BCUT2D eigenvalue weighted by molar-refractivity contribution is 6.05. The molecule has 110 valence electrons. The van der Waals surface area contributed by atoms with Crippen LogP contribution < -0.4 is 5.73 Å². The third-order valence-corrected chi connectivity index (χ3v) is 4.36. The fourth-order valence-electron chi connectivity index (χ4n) is 3.11. The summed E-state index contributed by atoms with van der Waals surface area (Å²) in [5.41, 5.74) is 7.26. The molecule has 2 heterocycles. The number of hydrogen-bond donors (Lipinski definition) is 1. The Morgan fingerprint density at radius 1 is 1.24 bits per heavy atom. The summed E-state index contributed by atoms with van der Waals surface area (Å²) in [5.74, 6) is 0.799. The van der Waals surface area contributed by atoms with Crippen molar-refractivity contribution in [2.45, 2.75) is 19.3 Å². The Morgan fingerprint density at radius 2 is 2.00 bits per heavy atom. The first-order chi connectivity index (χ1) is 10.3. The second-order valence-electron chi connectivity index (χ2n) is 5.69. The first-order valence-electron chi connectivity index (χ1n) is 7.62. The molecule has 0 bridgehead atoms. The monoisotopic (exact) mass is 283 g/mol. The second-order valence-corrected chi connectivity index (χ2v) is 5.69. The average Bonchev–Trinajstić information content (AvgIpc) is 2.55. The standard InChI is InChI=1S/C17H21N3O/c18-9-5-13-7-11-20(12-8-13)17(21)15-6-10-19-16-4-2-1-3-14(15)16/h1-4,6,10,13H,5,7-9,11-12,18H2. The van der Waals surface area contributed by atoms with Gasteiger partial charge in [-0.3, -0.25) is 9.78 Å². The zero-order chi connectivity index (χ0) is 14.7. The molecule has 1 aromatic carbocycles. The van der Waals surface area contributed by atoms with Crippen molar-refractivity contribution in [3.05, 3.63) is 42.1 Å². The number of benzene rings is 1. The summed E-state index contributed by atoms with van der Waals surface area (Å²) >= 11 is 0. The first-order valence-corrected chi connectivity index (χ1v) is 7.62. The van der Waals surface area contributed by atoms with Crippen molar-refractivity contribution in [3.8, 4) is 0 Å². The molecule has 1 aliphatic heterocycles. The Kier molecular flexibility index (Phi) is 4.15. The Labute approximate surface area is 125 Å².